The Hall–Kier alpha value is -0.0161. The normalized spacial score (nSPS) is 13.7. The molecule has 109 valence electrons. The summed E-state index contributed by atoms with van der Waals surface area (Å²) in [7, 11) is 0. The van der Waals surface area contributed by atoms with Gasteiger partial charge in [-0.2, -0.15) is 0 Å². The van der Waals surface area contributed by atoms with Crippen LogP contribution in [0.1, 0.15) is 66.2 Å². The molecule has 0 aromatic carbocycles. The van der Waals surface area contributed by atoms with Crippen molar-refractivity contribution in [3.63, 3.8) is 0 Å². The third kappa shape index (κ3) is 23.5. The second-order valence-corrected chi connectivity index (χ2v) is 4.77. The summed E-state index contributed by atoms with van der Waals surface area (Å²) < 4.78 is 0. The van der Waals surface area contributed by atoms with E-state index in [0.717, 1.165) is 12.8 Å². The molecule has 1 fully saturated rings. The van der Waals surface area contributed by atoms with E-state index < -0.39 is 0 Å². The molecule has 0 unspecified atom stereocenters. The summed E-state index contributed by atoms with van der Waals surface area (Å²) >= 11 is 0. The minimum atomic E-state index is 0. The third-order valence-electron chi connectivity index (χ3n) is 2.56. The number of carbonyl (C=O) groups excluding carboxylic acids is 3. The monoisotopic (exact) mass is 344 g/mol. The Morgan fingerprint density at radius 2 is 1.32 bits per heavy atom. The largest absolute Gasteiger partial charge is 0.339 e. The minimum Gasteiger partial charge on any atom is -0.339 e. The van der Waals surface area contributed by atoms with Crippen LogP contribution in [0.2, 0.25) is 0 Å². The number of rotatable bonds is 2. The van der Waals surface area contributed by atoms with Crippen molar-refractivity contribution in [1.82, 2.24) is 0 Å². The first-order chi connectivity index (χ1) is 8.31. The van der Waals surface area contributed by atoms with Gasteiger partial charge in [0.2, 0.25) is 0 Å². The molecule has 0 spiro atoms. The average molecular weight is 344 g/mol. The summed E-state index contributed by atoms with van der Waals surface area (Å²) in [6, 6.07) is 0. The molecule has 0 aliphatic heterocycles. The molecule has 0 saturated heterocycles. The molecule has 0 N–H and O–H groups in total. The minimum absolute atomic E-state index is 0. The molecule has 0 atom stereocenters. The molecule has 0 aromatic heterocycles. The number of carbonyl (C=O) groups is 3. The molecule has 19 heavy (non-hydrogen) atoms. The van der Waals surface area contributed by atoms with E-state index in [1.54, 1.807) is 6.92 Å². The van der Waals surface area contributed by atoms with Crippen LogP contribution < -0.4 is 0 Å². The first-order valence-electron chi connectivity index (χ1n) is 6.63. The molecule has 4 heteroatoms. The van der Waals surface area contributed by atoms with E-state index in [2.05, 4.69) is 6.92 Å². The second-order valence-electron chi connectivity index (χ2n) is 4.77. The Kier molecular flexibility index (Phi) is 20.3. The molecule has 0 bridgehead atoms. The first kappa shape index (κ1) is 24.0. The molecule has 3 nitrogen and oxygen atoms in total. The Morgan fingerprint density at radius 3 is 1.47 bits per heavy atom. The smallest absolute Gasteiger partial charge is 0.129 e. The van der Waals surface area contributed by atoms with Crippen LogP contribution in [0, 0.1) is 12.8 Å². The number of hydrogen-bond donors (Lipinski definition) is 0. The van der Waals surface area contributed by atoms with Crippen molar-refractivity contribution < 1.29 is 47.1 Å². The van der Waals surface area contributed by atoms with Crippen LogP contribution in [0.4, 0.5) is 0 Å². The van der Waals surface area contributed by atoms with Gasteiger partial charge in [-0.1, -0.05) is 26.2 Å². The van der Waals surface area contributed by atoms with Crippen molar-refractivity contribution in [3.8, 4) is 0 Å². The van der Waals surface area contributed by atoms with E-state index >= 15 is 0 Å². The van der Waals surface area contributed by atoms with E-state index in [4.69, 9.17) is 0 Å². The predicted molar refractivity (Wildman–Crippen MR) is 74.3 cm³/mol. The van der Waals surface area contributed by atoms with Crippen molar-refractivity contribution in [1.29, 1.82) is 0 Å². The zero-order chi connectivity index (χ0) is 14.6. The maximum absolute atomic E-state index is 10.7. The second kappa shape index (κ2) is 16.0. The van der Waals surface area contributed by atoms with Crippen LogP contribution in [0.3, 0.4) is 0 Å². The zero-order valence-electron chi connectivity index (χ0n) is 12.8. The van der Waals surface area contributed by atoms with Crippen molar-refractivity contribution >= 4 is 17.3 Å². The van der Waals surface area contributed by atoms with Crippen LogP contribution in [-0.2, 0) is 47.1 Å². The van der Waals surface area contributed by atoms with E-state index in [0.29, 0.717) is 12.3 Å². The van der Waals surface area contributed by atoms with Gasteiger partial charge in [-0.15, -0.1) is 0 Å². The molecular weight excluding hydrogens is 317 g/mol. The molecule has 1 aliphatic rings. The Balaban J connectivity index is -0.000000222. The fourth-order valence-electron chi connectivity index (χ4n) is 1.42. The Morgan fingerprint density at radius 1 is 1.00 bits per heavy atom. The molecule has 0 heterocycles. The predicted octanol–water partition coefficient (Wildman–Crippen LogP) is 3.55. The van der Waals surface area contributed by atoms with Crippen LogP contribution in [0.15, 0.2) is 0 Å². The molecule has 1 rings (SSSR count). The average Bonchev–Trinajstić information content (AvgIpc) is 2.30. The van der Waals surface area contributed by atoms with Crippen LogP contribution in [-0.4, -0.2) is 17.3 Å². The van der Waals surface area contributed by atoms with Crippen molar-refractivity contribution in [2.45, 2.75) is 66.2 Å². The van der Waals surface area contributed by atoms with Crippen LogP contribution in [0.25, 0.3) is 0 Å². The quantitative estimate of drug-likeness (QED) is 0.720. The van der Waals surface area contributed by atoms with Gasteiger partial charge < -0.3 is 21.3 Å². The molecule has 1 aliphatic carbocycles. The van der Waals surface area contributed by atoms with E-state index in [1.807, 2.05) is 6.92 Å². The Bertz CT molecular complexity index is 252. The summed E-state index contributed by atoms with van der Waals surface area (Å²) in [4.78, 5) is 29.9. The fourth-order valence-corrected chi connectivity index (χ4v) is 1.42. The van der Waals surface area contributed by atoms with Gasteiger partial charge in [-0.3, -0.25) is 0 Å². The summed E-state index contributed by atoms with van der Waals surface area (Å²) in [5.74, 6) is 0.874. The molecular formula is C15H27O3Y-. The maximum Gasteiger partial charge on any atom is 0.129 e. The SMILES string of the molecule is CC(C)=O.CCC(C)=O.[CH2-]C(=O)C1CCCCC1.[Y]. The standard InChI is InChI=1S/C8H13O.C4H8O.C3H6O.Y/c1-7(9)8-5-3-2-4-6-8;1-3-4(2)5;1-3(2)4;/h8H,1-6H2;3H2,1-2H3;1-2H3;/q-1;;;. The van der Waals surface area contributed by atoms with Crippen LogP contribution >= 0.6 is 0 Å². The van der Waals surface area contributed by atoms with E-state index in [1.165, 1.54) is 33.1 Å². The first-order valence-corrected chi connectivity index (χ1v) is 6.63. The number of Topliss-reactive ketones (excluding diaryl/α,β-unsaturated/α-hetero) is 3. The number of ketones is 3. The molecule has 1 saturated carbocycles. The van der Waals surface area contributed by atoms with Gasteiger partial charge in [-0.25, -0.2) is 0 Å². The number of hydrogen-bond acceptors (Lipinski definition) is 3. The molecule has 0 aromatic rings. The van der Waals surface area contributed by atoms with Crippen LogP contribution in [0.5, 0.6) is 0 Å². The van der Waals surface area contributed by atoms with Gasteiger partial charge >= 0.3 is 0 Å². The summed E-state index contributed by atoms with van der Waals surface area (Å²) in [5, 5.41) is 0. The molecule has 1 radical (unpaired) electrons. The van der Waals surface area contributed by atoms with Gasteiger partial charge in [0.1, 0.15) is 11.6 Å². The van der Waals surface area contributed by atoms with Crippen molar-refractivity contribution in [3.05, 3.63) is 6.92 Å². The van der Waals surface area contributed by atoms with Gasteiger partial charge in [0.25, 0.3) is 0 Å². The van der Waals surface area contributed by atoms with Gasteiger partial charge in [0.15, 0.2) is 0 Å². The van der Waals surface area contributed by atoms with Crippen molar-refractivity contribution in [2.24, 2.45) is 5.92 Å². The van der Waals surface area contributed by atoms with E-state index in [-0.39, 0.29) is 50.1 Å². The fraction of sp³-hybridized carbons (Fsp3) is 0.733. The summed E-state index contributed by atoms with van der Waals surface area (Å²) in [5.41, 5.74) is 0. The Labute approximate surface area is 143 Å². The van der Waals surface area contributed by atoms with Crippen molar-refractivity contribution in [2.75, 3.05) is 0 Å². The van der Waals surface area contributed by atoms with Gasteiger partial charge in [0.05, 0.1) is 0 Å². The summed E-state index contributed by atoms with van der Waals surface area (Å²) in [6.07, 6.45) is 6.60. The van der Waals surface area contributed by atoms with E-state index in [9.17, 15) is 14.4 Å². The third-order valence-corrected chi connectivity index (χ3v) is 2.56. The molecule has 0 amide bonds. The van der Waals surface area contributed by atoms with Gasteiger partial charge in [0, 0.05) is 39.1 Å². The summed E-state index contributed by atoms with van der Waals surface area (Å²) in [6.45, 7) is 9.91. The van der Waals surface area contributed by atoms with Gasteiger partial charge in [-0.05, 0) is 45.3 Å². The maximum atomic E-state index is 10.7. The topological polar surface area (TPSA) is 51.2 Å². The zero-order valence-corrected chi connectivity index (χ0v) is 15.7.